The minimum atomic E-state index is -0.783. The monoisotopic (exact) mass is 1150 g/mol. The van der Waals surface area contributed by atoms with E-state index < -0.39 is 6.10 Å². The third kappa shape index (κ3) is 68.2. The van der Waals surface area contributed by atoms with Crippen LogP contribution in [0.5, 0.6) is 0 Å². The Hall–Kier alpha value is -2.63. The van der Waals surface area contributed by atoms with Gasteiger partial charge in [-0.2, -0.15) is 0 Å². The van der Waals surface area contributed by atoms with Gasteiger partial charge >= 0.3 is 17.9 Å². The first-order valence-corrected chi connectivity index (χ1v) is 36.6. The van der Waals surface area contributed by atoms with Crippen LogP contribution in [0.4, 0.5) is 0 Å². The van der Waals surface area contributed by atoms with Crippen molar-refractivity contribution < 1.29 is 28.6 Å². The molecule has 0 bridgehead atoms. The summed E-state index contributed by atoms with van der Waals surface area (Å²) in [6.07, 6.45) is 90.1. The summed E-state index contributed by atoms with van der Waals surface area (Å²) in [5, 5.41) is 0. The van der Waals surface area contributed by atoms with Gasteiger partial charge in [0, 0.05) is 19.3 Å². The molecule has 0 amide bonds. The van der Waals surface area contributed by atoms with Gasteiger partial charge in [0.2, 0.25) is 0 Å². The van der Waals surface area contributed by atoms with Gasteiger partial charge in [0.05, 0.1) is 0 Å². The summed E-state index contributed by atoms with van der Waals surface area (Å²) in [4.78, 5) is 38.4. The maximum Gasteiger partial charge on any atom is 0.306 e. The van der Waals surface area contributed by atoms with Crippen LogP contribution in [0.2, 0.25) is 0 Å². The number of hydrogen-bond donors (Lipinski definition) is 0. The number of allylic oxidation sites excluding steroid dienone is 8. The molecule has 0 rings (SSSR count). The Morgan fingerprint density at radius 2 is 0.439 bits per heavy atom. The Bertz CT molecular complexity index is 1410. The van der Waals surface area contributed by atoms with Crippen LogP contribution in [0.15, 0.2) is 48.6 Å². The lowest BCUT2D eigenvalue weighted by Gasteiger charge is -2.18. The Morgan fingerprint density at radius 1 is 0.244 bits per heavy atom. The van der Waals surface area contributed by atoms with Gasteiger partial charge in [-0.25, -0.2) is 0 Å². The highest BCUT2D eigenvalue weighted by Gasteiger charge is 2.19. The SMILES string of the molecule is CCCCC/C=C\C/C=C\CCCCCCCC(=O)OCC(COC(=O)CCCCCCCCCCCCCCCCCCCCCCCCCCCCCCCCC)OC(=O)CCCCCCCCC/C=C\C/C=C\CCCCCC. The minimum absolute atomic E-state index is 0.0772. The van der Waals surface area contributed by atoms with Gasteiger partial charge in [0.25, 0.3) is 0 Å². The Kier molecular flexibility index (Phi) is 68.6. The average Bonchev–Trinajstić information content (AvgIpc) is 3.47. The largest absolute Gasteiger partial charge is 0.462 e. The molecule has 0 aromatic rings. The lowest BCUT2D eigenvalue weighted by molar-refractivity contribution is -0.167. The highest BCUT2D eigenvalue weighted by Crippen LogP contribution is 2.19. The number of hydrogen-bond acceptors (Lipinski definition) is 6. The molecule has 6 heteroatoms. The van der Waals surface area contributed by atoms with E-state index in [2.05, 4.69) is 69.4 Å². The second-order valence-electron chi connectivity index (χ2n) is 24.9. The third-order valence-corrected chi connectivity index (χ3v) is 16.6. The van der Waals surface area contributed by atoms with Gasteiger partial charge in [0.1, 0.15) is 13.2 Å². The number of carbonyl (C=O) groups excluding carboxylic acids is 3. The van der Waals surface area contributed by atoms with Crippen LogP contribution in [0.1, 0.15) is 400 Å². The third-order valence-electron chi connectivity index (χ3n) is 16.6. The Balaban J connectivity index is 4.19. The first-order chi connectivity index (χ1) is 40.5. The molecule has 0 saturated heterocycles. The van der Waals surface area contributed by atoms with E-state index in [1.54, 1.807) is 0 Å². The van der Waals surface area contributed by atoms with Crippen LogP contribution in [0.3, 0.4) is 0 Å². The predicted octanol–water partition coefficient (Wildman–Crippen LogP) is 25.3. The summed E-state index contributed by atoms with van der Waals surface area (Å²) < 4.78 is 17.0. The molecule has 1 unspecified atom stereocenters. The molecule has 0 saturated carbocycles. The zero-order chi connectivity index (χ0) is 59.2. The predicted molar refractivity (Wildman–Crippen MR) is 358 cm³/mol. The number of unbranched alkanes of at least 4 members (excludes halogenated alkanes) is 49. The van der Waals surface area contributed by atoms with E-state index in [0.29, 0.717) is 19.3 Å². The highest BCUT2D eigenvalue weighted by molar-refractivity contribution is 5.71. The second-order valence-corrected chi connectivity index (χ2v) is 24.9. The van der Waals surface area contributed by atoms with E-state index in [9.17, 15) is 14.4 Å². The number of rotatable bonds is 68. The van der Waals surface area contributed by atoms with Gasteiger partial charge in [-0.1, -0.05) is 345 Å². The molecule has 0 spiro atoms. The maximum atomic E-state index is 12.9. The fourth-order valence-electron chi connectivity index (χ4n) is 11.0. The van der Waals surface area contributed by atoms with Crippen molar-refractivity contribution in [2.75, 3.05) is 13.2 Å². The number of carbonyl (C=O) groups is 3. The fourth-order valence-corrected chi connectivity index (χ4v) is 11.0. The molecular weight excluding hydrogens is 1010 g/mol. The summed E-state index contributed by atoms with van der Waals surface area (Å²) in [7, 11) is 0. The van der Waals surface area contributed by atoms with Crippen molar-refractivity contribution in [2.45, 2.75) is 406 Å². The van der Waals surface area contributed by atoms with Crippen LogP contribution in [-0.2, 0) is 28.6 Å². The zero-order valence-electron chi connectivity index (χ0n) is 55.3. The first-order valence-electron chi connectivity index (χ1n) is 36.6. The standard InChI is InChI=1S/C76H140O6/c1-4-7-10-13-16-19-22-25-28-30-32-33-34-35-36-37-38-39-40-41-42-43-44-46-48-51-54-57-60-63-66-69-75(78)81-72-73(71-80-74(77)68-65-62-59-56-53-50-47-27-24-21-18-15-12-9-6-3)82-76(79)70-67-64-61-58-55-52-49-45-31-29-26-23-20-17-14-11-8-5-2/h18,20-21,23,27,29,31,47,73H,4-17,19,22,24-26,28,30,32-46,48-72H2,1-3H3/b21-18-,23-20-,31-29-,47-27-. The topological polar surface area (TPSA) is 78.9 Å². The number of esters is 3. The summed E-state index contributed by atoms with van der Waals surface area (Å²) in [6.45, 7) is 6.65. The van der Waals surface area contributed by atoms with Crippen LogP contribution in [0, 0.1) is 0 Å². The molecule has 0 aliphatic carbocycles. The first kappa shape index (κ1) is 79.4. The molecule has 1 atom stereocenters. The van der Waals surface area contributed by atoms with Crippen LogP contribution in [-0.4, -0.2) is 37.2 Å². The number of ether oxygens (including phenoxy) is 3. The van der Waals surface area contributed by atoms with Crippen LogP contribution < -0.4 is 0 Å². The van der Waals surface area contributed by atoms with Crippen LogP contribution in [0.25, 0.3) is 0 Å². The van der Waals surface area contributed by atoms with Crippen molar-refractivity contribution in [2.24, 2.45) is 0 Å². The van der Waals surface area contributed by atoms with Gasteiger partial charge in [0.15, 0.2) is 6.10 Å². The van der Waals surface area contributed by atoms with E-state index >= 15 is 0 Å². The molecule has 0 aromatic carbocycles. The van der Waals surface area contributed by atoms with Crippen LogP contribution >= 0.6 is 0 Å². The summed E-state index contributed by atoms with van der Waals surface area (Å²) >= 11 is 0. The Labute approximate surface area is 511 Å². The molecule has 0 aromatic heterocycles. The van der Waals surface area contributed by atoms with Crippen molar-refractivity contribution in [3.8, 4) is 0 Å². The maximum absolute atomic E-state index is 12.9. The quantitative estimate of drug-likeness (QED) is 0.0261. The Morgan fingerprint density at radius 3 is 0.707 bits per heavy atom. The van der Waals surface area contributed by atoms with Crippen molar-refractivity contribution in [3.05, 3.63) is 48.6 Å². The molecule has 0 aliphatic heterocycles. The lowest BCUT2D eigenvalue weighted by Crippen LogP contribution is -2.30. The molecule has 0 radical (unpaired) electrons. The zero-order valence-corrected chi connectivity index (χ0v) is 55.3. The molecular formula is C76H140O6. The minimum Gasteiger partial charge on any atom is -0.462 e. The normalized spacial score (nSPS) is 12.3. The van der Waals surface area contributed by atoms with Crippen molar-refractivity contribution >= 4 is 17.9 Å². The molecule has 6 nitrogen and oxygen atoms in total. The van der Waals surface area contributed by atoms with E-state index in [0.717, 1.165) is 89.9 Å². The van der Waals surface area contributed by atoms with Gasteiger partial charge in [-0.3, -0.25) is 14.4 Å². The summed E-state index contributed by atoms with van der Waals surface area (Å²) in [6, 6.07) is 0. The van der Waals surface area contributed by atoms with Gasteiger partial charge in [-0.15, -0.1) is 0 Å². The van der Waals surface area contributed by atoms with E-state index in [4.69, 9.17) is 14.2 Å². The molecule has 82 heavy (non-hydrogen) atoms. The summed E-state index contributed by atoms with van der Waals surface area (Å²) in [5.41, 5.74) is 0. The van der Waals surface area contributed by atoms with Crippen molar-refractivity contribution in [1.82, 2.24) is 0 Å². The van der Waals surface area contributed by atoms with Crippen molar-refractivity contribution in [3.63, 3.8) is 0 Å². The van der Waals surface area contributed by atoms with E-state index in [-0.39, 0.29) is 31.1 Å². The van der Waals surface area contributed by atoms with Crippen molar-refractivity contribution in [1.29, 1.82) is 0 Å². The molecule has 480 valence electrons. The lowest BCUT2D eigenvalue weighted by atomic mass is 10.0. The van der Waals surface area contributed by atoms with E-state index in [1.165, 1.54) is 270 Å². The summed E-state index contributed by atoms with van der Waals surface area (Å²) in [5.74, 6) is -0.874. The smallest absolute Gasteiger partial charge is 0.306 e. The molecule has 0 fully saturated rings. The fraction of sp³-hybridized carbons (Fsp3) is 0.855. The van der Waals surface area contributed by atoms with Gasteiger partial charge < -0.3 is 14.2 Å². The highest BCUT2D eigenvalue weighted by atomic mass is 16.6. The molecule has 0 aliphatic rings. The van der Waals surface area contributed by atoms with Gasteiger partial charge in [-0.05, 0) is 83.5 Å². The molecule has 0 N–H and O–H groups in total. The average molecular weight is 1150 g/mol. The van der Waals surface area contributed by atoms with E-state index in [1.807, 2.05) is 0 Å². The molecule has 0 heterocycles. The second kappa shape index (κ2) is 70.9.